The van der Waals surface area contributed by atoms with Crippen molar-refractivity contribution in [2.45, 2.75) is 25.8 Å². The van der Waals surface area contributed by atoms with E-state index in [1.165, 1.54) is 18.2 Å². The number of hydrogen-bond donors (Lipinski definition) is 4. The molecule has 0 unspecified atom stereocenters. The van der Waals surface area contributed by atoms with E-state index in [1.807, 2.05) is 0 Å². The largest absolute Gasteiger partial charge is 0.489 e. The number of amides is 1. The molecule has 1 heterocycles. The number of fused-ring (bicyclic) bond motifs is 2. The third kappa shape index (κ3) is 7.38. The Morgan fingerprint density at radius 1 is 0.951 bits per heavy atom. The summed E-state index contributed by atoms with van der Waals surface area (Å²) in [5.41, 5.74) is 13.5. The fourth-order valence-electron chi connectivity index (χ4n) is 4.48. The molecule has 1 aliphatic heterocycles. The second-order valence-corrected chi connectivity index (χ2v) is 9.30. The van der Waals surface area contributed by atoms with Gasteiger partial charge in [0.1, 0.15) is 6.54 Å². The van der Waals surface area contributed by atoms with Gasteiger partial charge >= 0.3 is 17.9 Å². The Bertz CT molecular complexity index is 1530. The Morgan fingerprint density at radius 2 is 1.71 bits per heavy atom. The number of carbonyl (C=O) groups excluding carboxylic acids is 2. The second kappa shape index (κ2) is 12.6. The van der Waals surface area contributed by atoms with Crippen LogP contribution in [-0.2, 0) is 29.0 Å². The third-order valence-electron chi connectivity index (χ3n) is 6.15. The molecule has 0 saturated carbocycles. The third-order valence-corrected chi connectivity index (χ3v) is 6.15. The summed E-state index contributed by atoms with van der Waals surface area (Å²) in [6.45, 7) is -0.568. The fraction of sp³-hybridized carbons (Fsp3) is 0.207. The van der Waals surface area contributed by atoms with Crippen LogP contribution in [0.15, 0.2) is 65.7 Å². The average Bonchev–Trinajstić information content (AvgIpc) is 2.90. The molecule has 212 valence electrons. The van der Waals surface area contributed by atoms with Gasteiger partial charge in [0.2, 0.25) is 0 Å². The number of aliphatic carboxylic acids is 2. The summed E-state index contributed by atoms with van der Waals surface area (Å²) >= 11 is 0. The Hall–Kier alpha value is -5.39. The van der Waals surface area contributed by atoms with Gasteiger partial charge in [-0.3, -0.25) is 14.4 Å². The van der Waals surface area contributed by atoms with Crippen LogP contribution in [0.3, 0.4) is 0 Å². The maximum Gasteiger partial charge on any atom is 0.343 e. The van der Waals surface area contributed by atoms with E-state index in [-0.39, 0.29) is 42.6 Å². The number of nitrogens with two attached hydrogens (primary N) is 2. The lowest BCUT2D eigenvalue weighted by Gasteiger charge is -2.24. The zero-order valence-corrected chi connectivity index (χ0v) is 21.9. The number of para-hydroxylation sites is 1. The summed E-state index contributed by atoms with van der Waals surface area (Å²) in [5, 5.41) is 18.6. The number of guanidine groups is 1. The number of aryl methyl sites for hydroxylation is 1. The number of carboxylic acid groups (broad SMARTS) is 2. The van der Waals surface area contributed by atoms with Gasteiger partial charge in [0.25, 0.3) is 5.91 Å². The SMILES string of the molecule is NC(N)=Nc1ccc2c(c1)CCCOc1c(cccc1C(=O)N(CC(=O)O)Cc1cccc(CC(=O)O)c1)OC2=O. The van der Waals surface area contributed by atoms with Crippen molar-refractivity contribution in [2.75, 3.05) is 13.2 Å². The van der Waals surface area contributed by atoms with Crippen molar-refractivity contribution in [1.82, 2.24) is 4.90 Å². The van der Waals surface area contributed by atoms with Gasteiger partial charge in [0.05, 0.1) is 29.8 Å². The highest BCUT2D eigenvalue weighted by molar-refractivity contribution is 6.00. The smallest absolute Gasteiger partial charge is 0.343 e. The molecular weight excluding hydrogens is 532 g/mol. The number of esters is 1. The van der Waals surface area contributed by atoms with E-state index in [9.17, 15) is 24.3 Å². The minimum atomic E-state index is -1.24. The highest BCUT2D eigenvalue weighted by Gasteiger charge is 2.27. The maximum absolute atomic E-state index is 13.7. The first-order valence-corrected chi connectivity index (χ1v) is 12.6. The predicted octanol–water partition coefficient (Wildman–Crippen LogP) is 2.49. The quantitative estimate of drug-likeness (QED) is 0.138. The van der Waals surface area contributed by atoms with Gasteiger partial charge in [-0.1, -0.05) is 30.3 Å². The van der Waals surface area contributed by atoms with Crippen LogP contribution in [0.4, 0.5) is 5.69 Å². The first-order valence-electron chi connectivity index (χ1n) is 12.6. The Labute approximate surface area is 234 Å². The summed E-state index contributed by atoms with van der Waals surface area (Å²) in [6.07, 6.45) is 0.690. The van der Waals surface area contributed by atoms with Crippen molar-refractivity contribution >= 4 is 35.5 Å². The van der Waals surface area contributed by atoms with Crippen LogP contribution in [0, 0.1) is 0 Å². The van der Waals surface area contributed by atoms with Crippen molar-refractivity contribution in [2.24, 2.45) is 16.5 Å². The lowest BCUT2D eigenvalue weighted by molar-refractivity contribution is -0.138. The minimum absolute atomic E-state index is 0.000676. The second-order valence-electron chi connectivity index (χ2n) is 9.30. The van der Waals surface area contributed by atoms with E-state index in [4.69, 9.17) is 26.0 Å². The lowest BCUT2D eigenvalue weighted by atomic mass is 10.0. The Morgan fingerprint density at radius 3 is 2.44 bits per heavy atom. The molecule has 0 saturated heterocycles. The zero-order valence-electron chi connectivity index (χ0n) is 21.9. The van der Waals surface area contributed by atoms with Crippen LogP contribution < -0.4 is 20.9 Å². The standard InChI is InChI=1S/C29H28N4O8/c30-29(31)32-20-9-10-21-19(14-20)6-3-11-40-26-22(7-2-8-23(26)41-28(21)39)27(38)33(16-25(36)37)15-18-5-1-4-17(12-18)13-24(34)35/h1-2,4-5,7-10,12,14H,3,6,11,13,15-16H2,(H,34,35)(H,36,37)(H4,30,31,32). The topological polar surface area (TPSA) is 195 Å². The molecule has 0 fully saturated rings. The molecule has 1 aliphatic rings. The summed E-state index contributed by atoms with van der Waals surface area (Å²) in [5.74, 6) is -3.70. The van der Waals surface area contributed by atoms with Gasteiger partial charge in [-0.2, -0.15) is 0 Å². The molecule has 41 heavy (non-hydrogen) atoms. The number of rotatable bonds is 8. The highest BCUT2D eigenvalue weighted by Crippen LogP contribution is 2.35. The molecule has 0 atom stereocenters. The van der Waals surface area contributed by atoms with Crippen molar-refractivity contribution < 1.29 is 38.9 Å². The predicted molar refractivity (Wildman–Crippen MR) is 147 cm³/mol. The average molecular weight is 561 g/mol. The molecule has 1 amide bonds. The van der Waals surface area contributed by atoms with Crippen molar-refractivity contribution in [3.8, 4) is 11.5 Å². The molecule has 0 spiro atoms. The normalized spacial score (nSPS) is 12.5. The first-order chi connectivity index (χ1) is 19.6. The highest BCUT2D eigenvalue weighted by atomic mass is 16.6. The lowest BCUT2D eigenvalue weighted by Crippen LogP contribution is -2.35. The Kier molecular flexibility index (Phi) is 8.82. The van der Waals surface area contributed by atoms with Crippen LogP contribution in [0.1, 0.15) is 43.8 Å². The molecular formula is C29H28N4O8. The van der Waals surface area contributed by atoms with E-state index < -0.39 is 30.4 Å². The summed E-state index contributed by atoms with van der Waals surface area (Å²) in [4.78, 5) is 54.7. The van der Waals surface area contributed by atoms with Gasteiger partial charge in [0, 0.05) is 6.54 Å². The van der Waals surface area contributed by atoms with Gasteiger partial charge in [-0.05, 0) is 59.9 Å². The molecule has 0 aromatic heterocycles. The van der Waals surface area contributed by atoms with Gasteiger partial charge in [-0.15, -0.1) is 0 Å². The van der Waals surface area contributed by atoms with E-state index in [0.29, 0.717) is 40.8 Å². The number of carboxylic acids is 2. The molecule has 0 bridgehead atoms. The number of nitrogens with zero attached hydrogens (tertiary/aromatic N) is 2. The van der Waals surface area contributed by atoms with E-state index >= 15 is 0 Å². The van der Waals surface area contributed by atoms with E-state index in [1.54, 1.807) is 42.5 Å². The maximum atomic E-state index is 13.7. The molecule has 0 radical (unpaired) electrons. The summed E-state index contributed by atoms with van der Waals surface area (Å²) in [7, 11) is 0. The zero-order chi connectivity index (χ0) is 29.5. The molecule has 3 aromatic carbocycles. The molecule has 3 aromatic rings. The van der Waals surface area contributed by atoms with Crippen molar-refractivity contribution in [1.29, 1.82) is 0 Å². The van der Waals surface area contributed by atoms with Gasteiger partial charge in [0.15, 0.2) is 17.5 Å². The van der Waals surface area contributed by atoms with Crippen LogP contribution >= 0.6 is 0 Å². The van der Waals surface area contributed by atoms with Gasteiger partial charge in [-0.25, -0.2) is 9.79 Å². The van der Waals surface area contributed by atoms with Crippen LogP contribution in [0.25, 0.3) is 0 Å². The van der Waals surface area contributed by atoms with Gasteiger partial charge < -0.3 is 36.1 Å². The van der Waals surface area contributed by atoms with Crippen LogP contribution in [0.2, 0.25) is 0 Å². The van der Waals surface area contributed by atoms with E-state index in [0.717, 1.165) is 4.90 Å². The number of benzene rings is 3. The molecule has 12 heteroatoms. The summed E-state index contributed by atoms with van der Waals surface area (Å²) < 4.78 is 11.6. The number of aliphatic imine (C=N–C) groups is 1. The molecule has 0 aliphatic carbocycles. The monoisotopic (exact) mass is 560 g/mol. The number of ether oxygens (including phenoxy) is 2. The minimum Gasteiger partial charge on any atom is -0.489 e. The molecule has 6 N–H and O–H groups in total. The number of carbonyl (C=O) groups is 4. The molecule has 4 rings (SSSR count). The van der Waals surface area contributed by atoms with Crippen LogP contribution in [-0.4, -0.2) is 58.0 Å². The summed E-state index contributed by atoms with van der Waals surface area (Å²) in [6, 6.07) is 15.8. The molecule has 12 nitrogen and oxygen atoms in total. The van der Waals surface area contributed by atoms with E-state index in [2.05, 4.69) is 4.99 Å². The van der Waals surface area contributed by atoms with Crippen LogP contribution in [0.5, 0.6) is 11.5 Å². The fourth-order valence-corrected chi connectivity index (χ4v) is 4.48. The van der Waals surface area contributed by atoms with Crippen molar-refractivity contribution in [3.63, 3.8) is 0 Å². The Balaban J connectivity index is 1.65. The van der Waals surface area contributed by atoms with Crippen molar-refractivity contribution in [3.05, 3.63) is 88.5 Å². The number of hydrogen-bond acceptors (Lipinski definition) is 7. The first kappa shape index (κ1) is 28.6.